The molecule has 0 radical (unpaired) electrons. The first-order chi connectivity index (χ1) is 8.29. The van der Waals surface area contributed by atoms with Crippen LogP contribution in [0.25, 0.3) is 0 Å². The Hall–Kier alpha value is -0.910. The van der Waals surface area contributed by atoms with Gasteiger partial charge in [0.05, 0.1) is 19.8 Å². The van der Waals surface area contributed by atoms with Crippen molar-refractivity contribution in [3.63, 3.8) is 0 Å². The maximum atomic E-state index is 11.8. The van der Waals surface area contributed by atoms with Gasteiger partial charge in [-0.3, -0.25) is 4.79 Å². The molecule has 1 amide bonds. The highest BCUT2D eigenvalue weighted by molar-refractivity contribution is 9.08. The number of halogens is 1. The van der Waals surface area contributed by atoms with Gasteiger partial charge in [-0.05, 0) is 17.7 Å². The third kappa shape index (κ3) is 3.52. The molecule has 0 bridgehead atoms. The number of anilines is 1. The minimum absolute atomic E-state index is 0.156. The molecule has 0 aliphatic carbocycles. The molecule has 1 N–H and O–H groups in total. The molecule has 1 aliphatic rings. The molecule has 1 aliphatic heterocycles. The second kappa shape index (κ2) is 6.14. The number of benzene rings is 1. The molecule has 1 saturated heterocycles. The Bertz CT molecular complexity index is 391. The van der Waals surface area contributed by atoms with E-state index < -0.39 is 6.10 Å². The summed E-state index contributed by atoms with van der Waals surface area (Å²) in [6, 6.07) is 7.68. The molecule has 0 saturated carbocycles. The number of nitrogens with one attached hydrogen (secondary N) is 1. The van der Waals surface area contributed by atoms with Gasteiger partial charge in [0.15, 0.2) is 6.10 Å². The maximum absolute atomic E-state index is 11.8. The van der Waals surface area contributed by atoms with Gasteiger partial charge in [-0.15, -0.1) is 0 Å². The minimum atomic E-state index is -0.503. The topological polar surface area (TPSA) is 47.6 Å². The van der Waals surface area contributed by atoms with Crippen LogP contribution in [0.3, 0.4) is 0 Å². The van der Waals surface area contributed by atoms with Crippen molar-refractivity contribution < 1.29 is 14.3 Å². The fourth-order valence-corrected chi connectivity index (χ4v) is 1.94. The second-order valence-electron chi connectivity index (χ2n) is 3.76. The Balaban J connectivity index is 1.96. The number of alkyl halides is 1. The van der Waals surface area contributed by atoms with E-state index in [1.807, 2.05) is 24.3 Å². The zero-order chi connectivity index (χ0) is 12.1. The second-order valence-corrected chi connectivity index (χ2v) is 4.32. The van der Waals surface area contributed by atoms with Crippen molar-refractivity contribution in [2.24, 2.45) is 0 Å². The van der Waals surface area contributed by atoms with Gasteiger partial charge in [-0.1, -0.05) is 28.1 Å². The first-order valence-corrected chi connectivity index (χ1v) is 6.57. The Morgan fingerprint density at radius 3 is 3.06 bits per heavy atom. The fraction of sp³-hybridized carbons (Fsp3) is 0.417. The Kier molecular flexibility index (Phi) is 4.53. The number of hydrogen-bond donors (Lipinski definition) is 1. The number of rotatable bonds is 3. The lowest BCUT2D eigenvalue weighted by atomic mass is 10.2. The van der Waals surface area contributed by atoms with Crippen LogP contribution in [0.2, 0.25) is 0 Å². The van der Waals surface area contributed by atoms with Crippen molar-refractivity contribution in [2.45, 2.75) is 11.4 Å². The van der Waals surface area contributed by atoms with Gasteiger partial charge in [0.25, 0.3) is 5.91 Å². The summed E-state index contributed by atoms with van der Waals surface area (Å²) in [5.74, 6) is -0.156. The number of carbonyl (C=O) groups is 1. The lowest BCUT2D eigenvalue weighted by Gasteiger charge is -2.22. The van der Waals surface area contributed by atoms with Crippen molar-refractivity contribution in [1.29, 1.82) is 0 Å². The van der Waals surface area contributed by atoms with Gasteiger partial charge < -0.3 is 14.8 Å². The normalized spacial score (nSPS) is 19.9. The predicted octanol–water partition coefficient (Wildman–Crippen LogP) is 1.94. The van der Waals surface area contributed by atoms with Crippen LogP contribution in [0.5, 0.6) is 0 Å². The Morgan fingerprint density at radius 1 is 1.47 bits per heavy atom. The van der Waals surface area contributed by atoms with Gasteiger partial charge >= 0.3 is 0 Å². The van der Waals surface area contributed by atoms with Crippen molar-refractivity contribution >= 4 is 27.5 Å². The molecule has 1 unspecified atom stereocenters. The lowest BCUT2D eigenvalue weighted by Crippen LogP contribution is -2.39. The van der Waals surface area contributed by atoms with E-state index in [1.54, 1.807) is 0 Å². The molecule has 0 aromatic heterocycles. The molecule has 4 nitrogen and oxygen atoms in total. The van der Waals surface area contributed by atoms with E-state index in [4.69, 9.17) is 9.47 Å². The monoisotopic (exact) mass is 299 g/mol. The van der Waals surface area contributed by atoms with Gasteiger partial charge in [0.1, 0.15) is 0 Å². The average molecular weight is 300 g/mol. The first-order valence-electron chi connectivity index (χ1n) is 5.44. The minimum Gasteiger partial charge on any atom is -0.376 e. The third-order valence-corrected chi connectivity index (χ3v) is 3.10. The fourth-order valence-electron chi connectivity index (χ4n) is 1.59. The number of amides is 1. The largest absolute Gasteiger partial charge is 0.376 e. The highest BCUT2D eigenvalue weighted by atomic mass is 79.9. The molecular formula is C12H14BrNO3. The molecule has 1 heterocycles. The molecule has 1 aromatic rings. The van der Waals surface area contributed by atoms with Crippen LogP contribution in [0, 0.1) is 0 Å². The van der Waals surface area contributed by atoms with Gasteiger partial charge in [-0.2, -0.15) is 0 Å². The van der Waals surface area contributed by atoms with Crippen LogP contribution in [-0.2, 0) is 19.6 Å². The van der Waals surface area contributed by atoms with Gasteiger partial charge in [0.2, 0.25) is 0 Å². The molecular weight excluding hydrogens is 286 g/mol. The number of hydrogen-bond acceptors (Lipinski definition) is 3. The van der Waals surface area contributed by atoms with Crippen LogP contribution in [-0.4, -0.2) is 31.8 Å². The predicted molar refractivity (Wildman–Crippen MR) is 68.3 cm³/mol. The first kappa shape index (κ1) is 12.5. The van der Waals surface area contributed by atoms with E-state index in [9.17, 15) is 4.79 Å². The zero-order valence-electron chi connectivity index (χ0n) is 9.32. The van der Waals surface area contributed by atoms with E-state index >= 15 is 0 Å². The summed E-state index contributed by atoms with van der Waals surface area (Å²) in [7, 11) is 0. The molecule has 92 valence electrons. The van der Waals surface area contributed by atoms with Crippen molar-refractivity contribution in [2.75, 3.05) is 25.1 Å². The van der Waals surface area contributed by atoms with Crippen LogP contribution in [0.4, 0.5) is 5.69 Å². The summed E-state index contributed by atoms with van der Waals surface area (Å²) in [6.45, 7) is 1.35. The third-order valence-electron chi connectivity index (χ3n) is 2.46. The zero-order valence-corrected chi connectivity index (χ0v) is 10.9. The van der Waals surface area contributed by atoms with E-state index in [2.05, 4.69) is 21.2 Å². The van der Waals surface area contributed by atoms with E-state index in [-0.39, 0.29) is 5.91 Å². The Labute approximate surface area is 108 Å². The quantitative estimate of drug-likeness (QED) is 0.868. The summed E-state index contributed by atoms with van der Waals surface area (Å²) in [5.41, 5.74) is 1.89. The number of ether oxygens (including phenoxy) is 2. The van der Waals surface area contributed by atoms with Gasteiger partial charge in [0, 0.05) is 11.0 Å². The summed E-state index contributed by atoms with van der Waals surface area (Å²) < 4.78 is 10.5. The maximum Gasteiger partial charge on any atom is 0.255 e. The summed E-state index contributed by atoms with van der Waals surface area (Å²) in [4.78, 5) is 11.8. The molecule has 1 aromatic carbocycles. The smallest absolute Gasteiger partial charge is 0.255 e. The van der Waals surface area contributed by atoms with E-state index in [0.717, 1.165) is 16.6 Å². The molecule has 1 fully saturated rings. The molecule has 5 heteroatoms. The standard InChI is InChI=1S/C12H14BrNO3/c13-7-9-2-1-3-10(6-9)14-12(15)11-8-16-4-5-17-11/h1-3,6,11H,4-5,7-8H2,(H,14,15). The summed E-state index contributed by atoms with van der Waals surface area (Å²) in [5, 5.41) is 3.59. The highest BCUT2D eigenvalue weighted by Gasteiger charge is 2.22. The van der Waals surface area contributed by atoms with Crippen molar-refractivity contribution in [3.05, 3.63) is 29.8 Å². The van der Waals surface area contributed by atoms with Crippen LogP contribution in [0.15, 0.2) is 24.3 Å². The molecule has 2 rings (SSSR count). The lowest BCUT2D eigenvalue weighted by molar-refractivity contribution is -0.142. The summed E-state index contributed by atoms with van der Waals surface area (Å²) >= 11 is 3.38. The van der Waals surface area contributed by atoms with E-state index in [0.29, 0.717) is 19.8 Å². The summed E-state index contributed by atoms with van der Waals surface area (Å²) in [6.07, 6.45) is -0.503. The Morgan fingerprint density at radius 2 is 2.35 bits per heavy atom. The van der Waals surface area contributed by atoms with Crippen LogP contribution in [0.1, 0.15) is 5.56 Å². The van der Waals surface area contributed by atoms with Crippen LogP contribution < -0.4 is 5.32 Å². The molecule has 1 atom stereocenters. The molecule has 0 spiro atoms. The molecule has 17 heavy (non-hydrogen) atoms. The highest BCUT2D eigenvalue weighted by Crippen LogP contribution is 2.14. The van der Waals surface area contributed by atoms with Crippen LogP contribution >= 0.6 is 15.9 Å². The van der Waals surface area contributed by atoms with Crippen molar-refractivity contribution in [3.8, 4) is 0 Å². The SMILES string of the molecule is O=C(Nc1cccc(CBr)c1)C1COCCO1. The van der Waals surface area contributed by atoms with Crippen molar-refractivity contribution in [1.82, 2.24) is 0 Å². The van der Waals surface area contributed by atoms with E-state index in [1.165, 1.54) is 0 Å². The average Bonchev–Trinajstić information content (AvgIpc) is 2.40. The van der Waals surface area contributed by atoms with Gasteiger partial charge in [-0.25, -0.2) is 0 Å². The number of carbonyl (C=O) groups excluding carboxylic acids is 1.